The van der Waals surface area contributed by atoms with Gasteiger partial charge in [0.25, 0.3) is 0 Å². The second-order valence-electron chi connectivity index (χ2n) is 5.53. The number of nitrogens with one attached hydrogen (secondary N) is 1. The molecule has 24 heavy (non-hydrogen) atoms. The molecule has 2 aromatic carbocycles. The molecule has 0 aliphatic heterocycles. The van der Waals surface area contributed by atoms with Gasteiger partial charge in [-0.15, -0.1) is 12.4 Å². The number of nitrogens with zero attached hydrogens (tertiary/aromatic N) is 1. The van der Waals surface area contributed by atoms with Gasteiger partial charge >= 0.3 is 0 Å². The van der Waals surface area contributed by atoms with Crippen molar-refractivity contribution in [2.75, 3.05) is 19.0 Å². The lowest BCUT2D eigenvalue weighted by atomic mass is 10.1. The van der Waals surface area contributed by atoms with Crippen LogP contribution in [0.3, 0.4) is 0 Å². The average molecular weight is 345 g/mol. The third-order valence-electron chi connectivity index (χ3n) is 3.67. The Hall–Kier alpha value is -2.30. The number of ether oxygens (including phenoxy) is 1. The quantitative estimate of drug-likeness (QED) is 0.731. The van der Waals surface area contributed by atoms with Gasteiger partial charge in [-0.25, -0.2) is 4.98 Å². The van der Waals surface area contributed by atoms with Crippen molar-refractivity contribution in [3.8, 4) is 17.0 Å². The highest BCUT2D eigenvalue weighted by molar-refractivity contribution is 5.94. The average Bonchev–Trinajstić information content (AvgIpc) is 2.59. The number of hydrogen-bond donors (Lipinski definition) is 2. The van der Waals surface area contributed by atoms with Crippen LogP contribution in [-0.2, 0) is 0 Å². The number of anilines is 1. The number of benzene rings is 2. The first kappa shape index (κ1) is 18.0. The molecule has 1 atom stereocenters. The van der Waals surface area contributed by atoms with E-state index in [1.807, 2.05) is 54.6 Å². The van der Waals surface area contributed by atoms with E-state index in [-0.39, 0.29) is 12.4 Å². The van der Waals surface area contributed by atoms with Crippen LogP contribution in [0.2, 0.25) is 0 Å². The first-order chi connectivity index (χ1) is 11.2. The maximum absolute atomic E-state index is 9.56. The Morgan fingerprint density at radius 2 is 1.88 bits per heavy atom. The lowest BCUT2D eigenvalue weighted by Crippen LogP contribution is -2.15. The van der Waals surface area contributed by atoms with E-state index in [0.717, 1.165) is 33.6 Å². The van der Waals surface area contributed by atoms with Gasteiger partial charge in [0.1, 0.15) is 5.75 Å². The summed E-state index contributed by atoms with van der Waals surface area (Å²) in [5.74, 6) is 0.775. The number of aromatic nitrogens is 1. The normalized spacial score (nSPS) is 11.6. The number of rotatable bonds is 5. The predicted molar refractivity (Wildman–Crippen MR) is 101 cm³/mol. The molecule has 0 fully saturated rings. The lowest BCUT2D eigenvalue weighted by molar-refractivity contribution is 0.208. The number of pyridine rings is 1. The topological polar surface area (TPSA) is 54.4 Å². The smallest absolute Gasteiger partial charge is 0.121 e. The molecule has 1 unspecified atom stereocenters. The van der Waals surface area contributed by atoms with Crippen molar-refractivity contribution in [1.29, 1.82) is 0 Å². The second kappa shape index (κ2) is 7.99. The maximum atomic E-state index is 9.56. The molecule has 3 rings (SSSR count). The highest BCUT2D eigenvalue weighted by Gasteiger charge is 2.09. The fourth-order valence-electron chi connectivity index (χ4n) is 2.50. The Morgan fingerprint density at radius 3 is 2.54 bits per heavy atom. The third-order valence-corrected chi connectivity index (χ3v) is 3.67. The summed E-state index contributed by atoms with van der Waals surface area (Å²) >= 11 is 0. The van der Waals surface area contributed by atoms with E-state index >= 15 is 0 Å². The highest BCUT2D eigenvalue weighted by Crippen LogP contribution is 2.30. The molecular formula is C19H21ClN2O2. The van der Waals surface area contributed by atoms with E-state index in [1.54, 1.807) is 14.0 Å². The Balaban J connectivity index is 0.00000208. The maximum Gasteiger partial charge on any atom is 0.121 e. The molecule has 3 aromatic rings. The first-order valence-corrected chi connectivity index (χ1v) is 7.63. The zero-order valence-electron chi connectivity index (χ0n) is 13.7. The third kappa shape index (κ3) is 3.96. The van der Waals surface area contributed by atoms with Crippen molar-refractivity contribution < 1.29 is 9.84 Å². The molecule has 5 heteroatoms. The molecule has 0 bridgehead atoms. The number of aliphatic hydroxyl groups is 1. The van der Waals surface area contributed by atoms with Crippen molar-refractivity contribution in [1.82, 2.24) is 4.98 Å². The Kier molecular flexibility index (Phi) is 6.01. The second-order valence-corrected chi connectivity index (χ2v) is 5.53. The molecule has 0 saturated heterocycles. The summed E-state index contributed by atoms with van der Waals surface area (Å²) < 4.78 is 5.31. The van der Waals surface area contributed by atoms with Crippen molar-refractivity contribution in [3.63, 3.8) is 0 Å². The Labute approximate surface area is 147 Å². The molecule has 2 N–H and O–H groups in total. The fraction of sp³-hybridized carbons (Fsp3) is 0.211. The van der Waals surface area contributed by atoms with E-state index in [0.29, 0.717) is 6.54 Å². The van der Waals surface area contributed by atoms with Gasteiger partial charge in [-0.1, -0.05) is 30.3 Å². The van der Waals surface area contributed by atoms with Crippen LogP contribution < -0.4 is 10.1 Å². The van der Waals surface area contributed by atoms with E-state index in [2.05, 4.69) is 5.32 Å². The molecule has 1 heterocycles. The summed E-state index contributed by atoms with van der Waals surface area (Å²) in [6, 6.07) is 17.9. The largest absolute Gasteiger partial charge is 0.497 e. The molecule has 0 aliphatic rings. The zero-order valence-corrected chi connectivity index (χ0v) is 14.5. The Morgan fingerprint density at radius 1 is 1.12 bits per heavy atom. The van der Waals surface area contributed by atoms with Gasteiger partial charge in [-0.05, 0) is 25.1 Å². The van der Waals surface area contributed by atoms with Gasteiger partial charge in [0.2, 0.25) is 0 Å². The number of aliphatic hydroxyl groups excluding tert-OH is 1. The lowest BCUT2D eigenvalue weighted by Gasteiger charge is -2.14. The zero-order chi connectivity index (χ0) is 16.2. The molecule has 0 amide bonds. The Bertz CT molecular complexity index is 807. The molecule has 1 aromatic heterocycles. The van der Waals surface area contributed by atoms with E-state index in [1.165, 1.54) is 0 Å². The van der Waals surface area contributed by atoms with Crippen LogP contribution in [0.1, 0.15) is 6.92 Å². The summed E-state index contributed by atoms with van der Waals surface area (Å²) in [4.78, 5) is 4.76. The molecule has 4 nitrogen and oxygen atoms in total. The summed E-state index contributed by atoms with van der Waals surface area (Å²) in [5.41, 5.74) is 3.76. The number of hydrogen-bond acceptors (Lipinski definition) is 4. The summed E-state index contributed by atoms with van der Waals surface area (Å²) in [5, 5.41) is 13.9. The van der Waals surface area contributed by atoms with Crippen LogP contribution in [0.25, 0.3) is 22.2 Å². The first-order valence-electron chi connectivity index (χ1n) is 7.63. The van der Waals surface area contributed by atoms with Crippen molar-refractivity contribution in [3.05, 3.63) is 54.6 Å². The van der Waals surface area contributed by atoms with Gasteiger partial charge in [0, 0.05) is 29.2 Å². The molecular weight excluding hydrogens is 324 g/mol. The van der Waals surface area contributed by atoms with Crippen LogP contribution in [-0.4, -0.2) is 29.8 Å². The highest BCUT2D eigenvalue weighted by atomic mass is 35.5. The minimum absolute atomic E-state index is 0. The van der Waals surface area contributed by atoms with Crippen LogP contribution in [0, 0.1) is 0 Å². The molecule has 0 radical (unpaired) electrons. The summed E-state index contributed by atoms with van der Waals surface area (Å²) in [7, 11) is 1.65. The van der Waals surface area contributed by atoms with E-state index in [9.17, 15) is 5.11 Å². The molecule has 0 spiro atoms. The molecule has 0 saturated carbocycles. The van der Waals surface area contributed by atoms with Gasteiger partial charge in [0.15, 0.2) is 0 Å². The van der Waals surface area contributed by atoms with Crippen LogP contribution >= 0.6 is 12.4 Å². The van der Waals surface area contributed by atoms with Gasteiger partial charge in [-0.3, -0.25) is 0 Å². The summed E-state index contributed by atoms with van der Waals surface area (Å²) in [6.45, 7) is 2.25. The molecule has 0 aliphatic carbocycles. The van der Waals surface area contributed by atoms with E-state index in [4.69, 9.17) is 9.72 Å². The minimum atomic E-state index is -0.420. The number of fused-ring (bicyclic) bond motifs is 1. The fourth-order valence-corrected chi connectivity index (χ4v) is 2.50. The van der Waals surface area contributed by atoms with Crippen LogP contribution in [0.15, 0.2) is 54.6 Å². The van der Waals surface area contributed by atoms with Crippen molar-refractivity contribution >= 4 is 29.0 Å². The SMILES string of the molecule is COc1ccc2c(NCC(C)O)cc(-c3ccccc3)nc2c1.Cl. The standard InChI is InChI=1S/C19H20N2O2.ClH/c1-13(22)12-20-18-11-17(14-6-4-3-5-7-14)21-19-10-15(23-2)8-9-16(18)19;/h3-11,13,22H,12H2,1-2H3,(H,20,21);1H. The predicted octanol–water partition coefficient (Wildman–Crippen LogP) is 4.12. The van der Waals surface area contributed by atoms with Gasteiger partial charge in [-0.2, -0.15) is 0 Å². The molecule has 126 valence electrons. The van der Waals surface area contributed by atoms with Crippen molar-refractivity contribution in [2.45, 2.75) is 13.0 Å². The van der Waals surface area contributed by atoms with Crippen LogP contribution in [0.4, 0.5) is 5.69 Å². The van der Waals surface area contributed by atoms with Gasteiger partial charge in [0.05, 0.1) is 24.4 Å². The monoisotopic (exact) mass is 344 g/mol. The summed E-state index contributed by atoms with van der Waals surface area (Å²) in [6.07, 6.45) is -0.420. The van der Waals surface area contributed by atoms with E-state index < -0.39 is 6.10 Å². The number of methoxy groups -OCH3 is 1. The van der Waals surface area contributed by atoms with Gasteiger partial charge < -0.3 is 15.2 Å². The number of halogens is 1. The van der Waals surface area contributed by atoms with Crippen LogP contribution in [0.5, 0.6) is 5.75 Å². The minimum Gasteiger partial charge on any atom is -0.497 e. The van der Waals surface area contributed by atoms with Crippen molar-refractivity contribution in [2.24, 2.45) is 0 Å².